The zero-order valence-electron chi connectivity index (χ0n) is 11.2. The van der Waals surface area contributed by atoms with E-state index < -0.39 is 10.8 Å². The van der Waals surface area contributed by atoms with E-state index in [4.69, 9.17) is 5.26 Å². The summed E-state index contributed by atoms with van der Waals surface area (Å²) < 4.78 is 0. The fraction of sp³-hybridized carbons (Fsp3) is 0.0667. The summed E-state index contributed by atoms with van der Waals surface area (Å²) in [5.41, 5.74) is 0.916. The van der Waals surface area contributed by atoms with Crippen molar-refractivity contribution in [3.05, 3.63) is 69.3 Å². The van der Waals surface area contributed by atoms with Crippen LogP contribution < -0.4 is 5.32 Å². The van der Waals surface area contributed by atoms with E-state index in [9.17, 15) is 14.9 Å². The lowest BCUT2D eigenvalue weighted by Gasteiger charge is -2.08. The second-order valence-electron chi connectivity index (χ2n) is 4.39. The molecule has 1 N–H and O–H groups in total. The minimum Gasteiger partial charge on any atom is -0.315 e. The quantitative estimate of drug-likeness (QED) is 0.690. The summed E-state index contributed by atoms with van der Waals surface area (Å²) in [6.07, 6.45) is 0. The van der Waals surface area contributed by atoms with Gasteiger partial charge in [0.15, 0.2) is 0 Å². The number of anilines is 1. The van der Waals surface area contributed by atoms with Crippen LogP contribution >= 0.6 is 0 Å². The standard InChI is InChI=1S/C15H11N3O3/c1-10-4-2-5-11(8-10)15(19)17-14-12(9-16)6-3-7-13(14)18(20)21/h2-8H,1H3,(H,17,19). The first kappa shape index (κ1) is 14.2. The third-order valence-corrected chi connectivity index (χ3v) is 2.88. The highest BCUT2D eigenvalue weighted by Gasteiger charge is 2.20. The summed E-state index contributed by atoms with van der Waals surface area (Å²) in [6, 6.07) is 12.7. The molecule has 0 aromatic heterocycles. The number of nitro benzene ring substituents is 1. The average Bonchev–Trinajstić information content (AvgIpc) is 2.47. The Kier molecular flexibility index (Phi) is 3.95. The van der Waals surface area contributed by atoms with Crippen molar-refractivity contribution in [1.29, 1.82) is 5.26 Å². The predicted molar refractivity (Wildman–Crippen MR) is 76.9 cm³/mol. The number of carbonyl (C=O) groups excluding carboxylic acids is 1. The lowest BCUT2D eigenvalue weighted by Crippen LogP contribution is -2.14. The minimum absolute atomic E-state index is 0.0465. The van der Waals surface area contributed by atoms with E-state index in [1.807, 2.05) is 19.1 Å². The Morgan fingerprint density at radius 3 is 2.62 bits per heavy atom. The van der Waals surface area contributed by atoms with Gasteiger partial charge in [0, 0.05) is 11.6 Å². The Morgan fingerprint density at radius 2 is 2.00 bits per heavy atom. The molecule has 0 aliphatic rings. The molecule has 0 fully saturated rings. The SMILES string of the molecule is Cc1cccc(C(=O)Nc2c(C#N)cccc2[N+](=O)[O-])c1. The van der Waals surface area contributed by atoms with Gasteiger partial charge in [-0.15, -0.1) is 0 Å². The van der Waals surface area contributed by atoms with Gasteiger partial charge in [-0.25, -0.2) is 0 Å². The van der Waals surface area contributed by atoms with Crippen LogP contribution in [0.5, 0.6) is 0 Å². The maximum absolute atomic E-state index is 12.2. The number of carbonyl (C=O) groups is 1. The molecule has 0 atom stereocenters. The van der Waals surface area contributed by atoms with Crippen molar-refractivity contribution in [1.82, 2.24) is 0 Å². The van der Waals surface area contributed by atoms with Crippen molar-refractivity contribution < 1.29 is 9.72 Å². The van der Waals surface area contributed by atoms with Gasteiger partial charge in [-0.2, -0.15) is 5.26 Å². The van der Waals surface area contributed by atoms with E-state index in [1.165, 1.54) is 18.2 Å². The minimum atomic E-state index is -0.632. The molecule has 6 nitrogen and oxygen atoms in total. The van der Waals surface area contributed by atoms with Crippen molar-refractivity contribution in [3.63, 3.8) is 0 Å². The van der Waals surface area contributed by atoms with E-state index >= 15 is 0 Å². The monoisotopic (exact) mass is 281 g/mol. The molecule has 2 rings (SSSR count). The number of aryl methyl sites for hydroxylation is 1. The van der Waals surface area contributed by atoms with Crippen LogP contribution in [-0.4, -0.2) is 10.8 Å². The largest absolute Gasteiger partial charge is 0.315 e. The number of nitro groups is 1. The number of nitriles is 1. The van der Waals surface area contributed by atoms with Crippen molar-refractivity contribution in [2.45, 2.75) is 6.92 Å². The van der Waals surface area contributed by atoms with Gasteiger partial charge in [0.05, 0.1) is 10.5 Å². The summed E-state index contributed by atoms with van der Waals surface area (Å²) in [7, 11) is 0. The van der Waals surface area contributed by atoms with E-state index in [1.54, 1.807) is 18.2 Å². The number of nitrogens with zero attached hydrogens (tertiary/aromatic N) is 2. The van der Waals surface area contributed by atoms with Crippen LogP contribution in [0, 0.1) is 28.4 Å². The second kappa shape index (κ2) is 5.84. The van der Waals surface area contributed by atoms with Crippen LogP contribution in [0.15, 0.2) is 42.5 Å². The maximum Gasteiger partial charge on any atom is 0.294 e. The second-order valence-corrected chi connectivity index (χ2v) is 4.39. The Hall–Kier alpha value is -3.20. The van der Waals surface area contributed by atoms with Crippen LogP contribution in [0.4, 0.5) is 11.4 Å². The Labute approximate surface area is 120 Å². The fourth-order valence-electron chi connectivity index (χ4n) is 1.89. The van der Waals surface area contributed by atoms with Gasteiger partial charge in [0.1, 0.15) is 11.8 Å². The molecule has 0 saturated carbocycles. The highest BCUT2D eigenvalue weighted by atomic mass is 16.6. The summed E-state index contributed by atoms with van der Waals surface area (Å²) in [5, 5.41) is 22.5. The van der Waals surface area contributed by atoms with Crippen molar-refractivity contribution in [2.24, 2.45) is 0 Å². The highest BCUT2D eigenvalue weighted by Crippen LogP contribution is 2.28. The molecule has 6 heteroatoms. The van der Waals surface area contributed by atoms with Crippen LogP contribution in [0.25, 0.3) is 0 Å². The molecular weight excluding hydrogens is 270 g/mol. The lowest BCUT2D eigenvalue weighted by atomic mass is 10.1. The number of amides is 1. The van der Waals surface area contributed by atoms with Gasteiger partial charge < -0.3 is 5.32 Å². The van der Waals surface area contributed by atoms with Crippen LogP contribution in [0.2, 0.25) is 0 Å². The van der Waals surface area contributed by atoms with E-state index in [-0.39, 0.29) is 16.9 Å². The molecule has 2 aromatic carbocycles. The molecule has 2 aromatic rings. The first-order valence-electron chi connectivity index (χ1n) is 6.08. The number of hydrogen-bond acceptors (Lipinski definition) is 4. The molecule has 104 valence electrons. The average molecular weight is 281 g/mol. The normalized spacial score (nSPS) is 9.71. The Balaban J connectivity index is 2.42. The van der Waals surface area contributed by atoms with E-state index in [0.717, 1.165) is 5.56 Å². The van der Waals surface area contributed by atoms with Crippen LogP contribution in [0.1, 0.15) is 21.5 Å². The third-order valence-electron chi connectivity index (χ3n) is 2.88. The first-order chi connectivity index (χ1) is 10.0. The summed E-state index contributed by atoms with van der Waals surface area (Å²) >= 11 is 0. The van der Waals surface area contributed by atoms with Crippen molar-refractivity contribution in [3.8, 4) is 6.07 Å². The predicted octanol–water partition coefficient (Wildman–Crippen LogP) is 3.03. The van der Waals surface area contributed by atoms with Gasteiger partial charge in [-0.3, -0.25) is 14.9 Å². The molecule has 1 amide bonds. The third kappa shape index (κ3) is 3.04. The van der Waals surface area contributed by atoms with Gasteiger partial charge >= 0.3 is 0 Å². The summed E-state index contributed by atoms with van der Waals surface area (Å²) in [4.78, 5) is 22.5. The molecule has 21 heavy (non-hydrogen) atoms. The molecule has 0 spiro atoms. The van der Waals surface area contributed by atoms with Crippen molar-refractivity contribution in [2.75, 3.05) is 5.32 Å². The zero-order valence-corrected chi connectivity index (χ0v) is 11.2. The molecule has 0 aliphatic carbocycles. The number of nitrogens with one attached hydrogen (secondary N) is 1. The van der Waals surface area contributed by atoms with E-state index in [0.29, 0.717) is 5.56 Å². The van der Waals surface area contributed by atoms with Gasteiger partial charge in [-0.1, -0.05) is 23.8 Å². The van der Waals surface area contributed by atoms with Crippen LogP contribution in [0.3, 0.4) is 0 Å². The van der Waals surface area contributed by atoms with Gasteiger partial charge in [-0.05, 0) is 25.1 Å². The summed E-state index contributed by atoms with van der Waals surface area (Å²) in [5.74, 6) is -0.496. The number of para-hydroxylation sites is 1. The Bertz CT molecular complexity index is 763. The molecule has 0 radical (unpaired) electrons. The lowest BCUT2D eigenvalue weighted by molar-refractivity contribution is -0.383. The zero-order chi connectivity index (χ0) is 15.4. The van der Waals surface area contributed by atoms with Crippen LogP contribution in [-0.2, 0) is 0 Å². The van der Waals surface area contributed by atoms with Crippen molar-refractivity contribution >= 4 is 17.3 Å². The molecule has 0 unspecified atom stereocenters. The smallest absolute Gasteiger partial charge is 0.294 e. The highest BCUT2D eigenvalue weighted by molar-refractivity contribution is 6.06. The molecule has 0 heterocycles. The Morgan fingerprint density at radius 1 is 1.29 bits per heavy atom. The maximum atomic E-state index is 12.2. The first-order valence-corrected chi connectivity index (χ1v) is 6.08. The number of hydrogen-bond donors (Lipinski definition) is 1. The fourth-order valence-corrected chi connectivity index (χ4v) is 1.89. The number of rotatable bonds is 3. The van der Waals surface area contributed by atoms with Gasteiger partial charge in [0.2, 0.25) is 0 Å². The molecule has 0 saturated heterocycles. The summed E-state index contributed by atoms with van der Waals surface area (Å²) in [6.45, 7) is 1.84. The molecule has 0 bridgehead atoms. The topological polar surface area (TPSA) is 96.0 Å². The van der Waals surface area contributed by atoms with Gasteiger partial charge in [0.25, 0.3) is 11.6 Å². The molecule has 0 aliphatic heterocycles. The molecular formula is C15H11N3O3. The number of benzene rings is 2. The van der Waals surface area contributed by atoms with E-state index in [2.05, 4.69) is 5.32 Å².